The molecule has 0 aliphatic heterocycles. The SMILES string of the molecule is C=C(C(C)=O)C(OC(=O)OC(C)(C)C)c1cccc([N+](=O)[O-])c1. The third-order valence-corrected chi connectivity index (χ3v) is 2.76. The summed E-state index contributed by atoms with van der Waals surface area (Å²) < 4.78 is 10.2. The third kappa shape index (κ3) is 5.54. The molecule has 7 heteroatoms. The van der Waals surface area contributed by atoms with Crippen LogP contribution in [0.4, 0.5) is 10.5 Å². The number of Topliss-reactive ketones (excluding diaryl/α,β-unsaturated/α-hetero) is 1. The number of non-ortho nitro benzene ring substituents is 1. The molecule has 0 aliphatic carbocycles. The molecule has 124 valence electrons. The molecule has 1 unspecified atom stereocenters. The van der Waals surface area contributed by atoms with Crippen molar-refractivity contribution >= 4 is 17.6 Å². The summed E-state index contributed by atoms with van der Waals surface area (Å²) in [6, 6.07) is 5.47. The van der Waals surface area contributed by atoms with Gasteiger partial charge in [-0.15, -0.1) is 0 Å². The number of rotatable bonds is 5. The highest BCUT2D eigenvalue weighted by Gasteiger charge is 2.27. The van der Waals surface area contributed by atoms with E-state index in [1.165, 1.54) is 31.2 Å². The summed E-state index contributed by atoms with van der Waals surface area (Å²) in [6.45, 7) is 9.86. The van der Waals surface area contributed by atoms with E-state index in [0.717, 1.165) is 0 Å². The predicted molar refractivity (Wildman–Crippen MR) is 83.0 cm³/mol. The van der Waals surface area contributed by atoms with Crippen LogP contribution >= 0.6 is 0 Å². The number of hydrogen-bond donors (Lipinski definition) is 0. The van der Waals surface area contributed by atoms with Gasteiger partial charge in [0.15, 0.2) is 11.9 Å². The van der Waals surface area contributed by atoms with E-state index >= 15 is 0 Å². The summed E-state index contributed by atoms with van der Waals surface area (Å²) in [5.74, 6) is -0.398. The number of carbonyl (C=O) groups excluding carboxylic acids is 2. The van der Waals surface area contributed by atoms with Crippen LogP contribution in [0.5, 0.6) is 0 Å². The first-order valence-electron chi connectivity index (χ1n) is 6.85. The van der Waals surface area contributed by atoms with E-state index in [9.17, 15) is 19.7 Å². The van der Waals surface area contributed by atoms with Crippen LogP contribution in [0.3, 0.4) is 0 Å². The van der Waals surface area contributed by atoms with Crippen molar-refractivity contribution in [2.45, 2.75) is 39.4 Å². The Balaban J connectivity index is 3.14. The zero-order valence-corrected chi connectivity index (χ0v) is 13.5. The quantitative estimate of drug-likeness (QED) is 0.355. The Morgan fingerprint density at radius 2 is 1.91 bits per heavy atom. The molecule has 0 saturated heterocycles. The number of nitrogens with zero attached hydrogens (tertiary/aromatic N) is 1. The minimum Gasteiger partial charge on any atom is -0.429 e. The molecule has 23 heavy (non-hydrogen) atoms. The van der Waals surface area contributed by atoms with E-state index in [2.05, 4.69) is 6.58 Å². The molecule has 0 bridgehead atoms. The second-order valence-electron chi connectivity index (χ2n) is 5.90. The van der Waals surface area contributed by atoms with Crippen molar-refractivity contribution in [1.29, 1.82) is 0 Å². The minimum atomic E-state index is -1.15. The molecule has 0 aliphatic rings. The fraction of sp³-hybridized carbons (Fsp3) is 0.375. The van der Waals surface area contributed by atoms with Crippen LogP contribution in [0.2, 0.25) is 0 Å². The van der Waals surface area contributed by atoms with Gasteiger partial charge in [0, 0.05) is 23.3 Å². The van der Waals surface area contributed by atoms with Gasteiger partial charge in [-0.3, -0.25) is 14.9 Å². The van der Waals surface area contributed by atoms with Crippen LogP contribution < -0.4 is 0 Å². The van der Waals surface area contributed by atoms with Gasteiger partial charge in [0.1, 0.15) is 5.60 Å². The zero-order valence-electron chi connectivity index (χ0n) is 13.5. The van der Waals surface area contributed by atoms with Gasteiger partial charge in [-0.05, 0) is 27.7 Å². The average molecular weight is 321 g/mol. The van der Waals surface area contributed by atoms with Gasteiger partial charge in [0.25, 0.3) is 5.69 Å². The van der Waals surface area contributed by atoms with Gasteiger partial charge >= 0.3 is 6.16 Å². The Kier molecular flexibility index (Phi) is 5.62. The summed E-state index contributed by atoms with van der Waals surface area (Å²) in [7, 11) is 0. The molecular formula is C16H19NO6. The maximum Gasteiger partial charge on any atom is 0.509 e. The molecule has 0 fully saturated rings. The molecule has 0 saturated carbocycles. The maximum atomic E-state index is 11.9. The van der Waals surface area contributed by atoms with E-state index in [4.69, 9.17) is 9.47 Å². The second-order valence-corrected chi connectivity index (χ2v) is 5.90. The fourth-order valence-electron chi connectivity index (χ4n) is 1.70. The Morgan fingerprint density at radius 3 is 2.39 bits per heavy atom. The molecule has 1 aromatic rings. The molecule has 7 nitrogen and oxygen atoms in total. The first-order valence-corrected chi connectivity index (χ1v) is 6.85. The number of nitro groups is 1. The van der Waals surface area contributed by atoms with Crippen molar-refractivity contribution in [2.24, 2.45) is 0 Å². The highest BCUT2D eigenvalue weighted by molar-refractivity contribution is 5.94. The molecule has 0 N–H and O–H groups in total. The number of hydrogen-bond acceptors (Lipinski definition) is 6. The standard InChI is InChI=1S/C16H19NO6/c1-10(11(2)18)14(22-15(19)23-16(3,4)5)12-7-6-8-13(9-12)17(20)21/h6-9,14H,1H2,2-5H3. The smallest absolute Gasteiger partial charge is 0.429 e. The van der Waals surface area contributed by atoms with Crippen LogP contribution in [0.15, 0.2) is 36.4 Å². The third-order valence-electron chi connectivity index (χ3n) is 2.76. The highest BCUT2D eigenvalue weighted by Crippen LogP contribution is 2.29. The van der Waals surface area contributed by atoms with Crippen molar-refractivity contribution in [3.05, 3.63) is 52.1 Å². The lowest BCUT2D eigenvalue weighted by Crippen LogP contribution is -2.26. The van der Waals surface area contributed by atoms with E-state index in [1.54, 1.807) is 20.8 Å². The monoisotopic (exact) mass is 321 g/mol. The lowest BCUT2D eigenvalue weighted by atomic mass is 9.99. The number of benzene rings is 1. The highest BCUT2D eigenvalue weighted by atomic mass is 16.7. The van der Waals surface area contributed by atoms with Crippen molar-refractivity contribution in [3.8, 4) is 0 Å². The molecule has 0 spiro atoms. The second kappa shape index (κ2) is 7.04. The zero-order chi connectivity index (χ0) is 17.8. The number of ketones is 1. The first kappa shape index (κ1) is 18.3. The average Bonchev–Trinajstić information content (AvgIpc) is 2.42. The molecule has 0 radical (unpaired) electrons. The summed E-state index contributed by atoms with van der Waals surface area (Å²) in [6.07, 6.45) is -2.14. The molecule has 1 atom stereocenters. The van der Waals surface area contributed by atoms with Crippen molar-refractivity contribution in [1.82, 2.24) is 0 Å². The number of nitro benzene ring substituents is 1. The van der Waals surface area contributed by atoms with Gasteiger partial charge in [0.05, 0.1) is 4.92 Å². The lowest BCUT2D eigenvalue weighted by Gasteiger charge is -2.23. The molecule has 1 rings (SSSR count). The molecule has 0 heterocycles. The summed E-state index contributed by atoms with van der Waals surface area (Å²) in [5.41, 5.74) is -0.694. The van der Waals surface area contributed by atoms with Crippen LogP contribution in [0.1, 0.15) is 39.4 Å². The van der Waals surface area contributed by atoms with Gasteiger partial charge in [-0.1, -0.05) is 18.7 Å². The fourth-order valence-corrected chi connectivity index (χ4v) is 1.70. The summed E-state index contributed by atoms with van der Waals surface area (Å²) in [4.78, 5) is 33.7. The van der Waals surface area contributed by atoms with Crippen LogP contribution in [-0.2, 0) is 14.3 Å². The topological polar surface area (TPSA) is 95.7 Å². The predicted octanol–water partition coefficient (Wildman–Crippen LogP) is 3.73. The van der Waals surface area contributed by atoms with E-state index in [-0.39, 0.29) is 16.8 Å². The van der Waals surface area contributed by atoms with E-state index in [1.807, 2.05) is 0 Å². The van der Waals surface area contributed by atoms with Crippen molar-refractivity contribution < 1.29 is 24.0 Å². The van der Waals surface area contributed by atoms with Gasteiger partial charge in [0.2, 0.25) is 0 Å². The molecule has 1 aromatic carbocycles. The summed E-state index contributed by atoms with van der Waals surface area (Å²) in [5, 5.41) is 10.9. The number of ether oxygens (including phenoxy) is 2. The maximum absolute atomic E-state index is 11.9. The normalized spacial score (nSPS) is 12.2. The Labute approximate surface area is 134 Å². The van der Waals surface area contributed by atoms with Crippen molar-refractivity contribution in [2.75, 3.05) is 0 Å². The van der Waals surface area contributed by atoms with Gasteiger partial charge < -0.3 is 9.47 Å². The minimum absolute atomic E-state index is 0.00337. The van der Waals surface area contributed by atoms with E-state index < -0.39 is 28.6 Å². The lowest BCUT2D eigenvalue weighted by molar-refractivity contribution is -0.385. The van der Waals surface area contributed by atoms with Crippen LogP contribution in [-0.4, -0.2) is 22.5 Å². The first-order chi connectivity index (χ1) is 10.5. The Bertz CT molecular complexity index is 644. The largest absolute Gasteiger partial charge is 0.509 e. The Morgan fingerprint density at radius 1 is 1.30 bits per heavy atom. The van der Waals surface area contributed by atoms with Crippen LogP contribution in [0.25, 0.3) is 0 Å². The number of carbonyl (C=O) groups is 2. The molecular weight excluding hydrogens is 302 g/mol. The Hall–Kier alpha value is -2.70. The van der Waals surface area contributed by atoms with Gasteiger partial charge in [-0.25, -0.2) is 4.79 Å². The van der Waals surface area contributed by atoms with Crippen LogP contribution in [0, 0.1) is 10.1 Å². The molecule has 0 aromatic heterocycles. The van der Waals surface area contributed by atoms with Crippen molar-refractivity contribution in [3.63, 3.8) is 0 Å². The summed E-state index contributed by atoms with van der Waals surface area (Å²) >= 11 is 0. The van der Waals surface area contributed by atoms with E-state index in [0.29, 0.717) is 0 Å². The molecule has 0 amide bonds. The van der Waals surface area contributed by atoms with Gasteiger partial charge in [-0.2, -0.15) is 0 Å².